The number of carbonyl (C=O) groups is 2. The summed E-state index contributed by atoms with van der Waals surface area (Å²) in [4.78, 5) is 30.8. The van der Waals surface area contributed by atoms with Gasteiger partial charge in [0.25, 0.3) is 5.91 Å². The lowest BCUT2D eigenvalue weighted by Gasteiger charge is -2.15. The Morgan fingerprint density at radius 1 is 0.966 bits per heavy atom. The highest BCUT2D eigenvalue weighted by Crippen LogP contribution is 2.23. The molecule has 0 aliphatic carbocycles. The zero-order valence-electron chi connectivity index (χ0n) is 15.6. The molecule has 0 spiro atoms. The first-order chi connectivity index (χ1) is 14.2. The van der Waals surface area contributed by atoms with Gasteiger partial charge in [0, 0.05) is 23.5 Å². The summed E-state index contributed by atoms with van der Waals surface area (Å²) in [5, 5.41) is 2.87. The van der Waals surface area contributed by atoms with Gasteiger partial charge < -0.3 is 10.2 Å². The van der Waals surface area contributed by atoms with Gasteiger partial charge in [0.05, 0.1) is 11.0 Å². The van der Waals surface area contributed by atoms with Crippen molar-refractivity contribution in [3.63, 3.8) is 0 Å². The Bertz CT molecular complexity index is 1230. The van der Waals surface area contributed by atoms with E-state index < -0.39 is 0 Å². The van der Waals surface area contributed by atoms with Crippen LogP contribution in [0, 0.1) is 0 Å². The fourth-order valence-corrected chi connectivity index (χ4v) is 3.69. The average Bonchev–Trinajstić information content (AvgIpc) is 3.30. The monoisotopic (exact) mass is 382 g/mol. The average molecular weight is 382 g/mol. The third kappa shape index (κ3) is 3.14. The minimum atomic E-state index is -0.216. The fraction of sp³-hybridized carbons (Fsp3) is 0.0870. The van der Waals surface area contributed by atoms with Crippen LogP contribution in [0.5, 0.6) is 0 Å². The van der Waals surface area contributed by atoms with Crippen molar-refractivity contribution in [3.05, 3.63) is 90.3 Å². The van der Waals surface area contributed by atoms with Crippen molar-refractivity contribution >= 4 is 28.5 Å². The normalized spacial score (nSPS) is 13.0. The molecule has 29 heavy (non-hydrogen) atoms. The summed E-state index contributed by atoms with van der Waals surface area (Å²) in [7, 11) is 0. The summed E-state index contributed by atoms with van der Waals surface area (Å²) in [6.45, 7) is 0.497. The van der Waals surface area contributed by atoms with Crippen molar-refractivity contribution in [3.8, 4) is 5.69 Å². The van der Waals surface area contributed by atoms with E-state index in [0.717, 1.165) is 22.3 Å². The van der Waals surface area contributed by atoms with Crippen LogP contribution in [0.15, 0.2) is 79.1 Å². The maximum absolute atomic E-state index is 12.4. The summed E-state index contributed by atoms with van der Waals surface area (Å²) in [5.74, 6) is -0.315. The van der Waals surface area contributed by atoms with Gasteiger partial charge in [-0.2, -0.15) is 0 Å². The second-order valence-electron chi connectivity index (χ2n) is 7.02. The van der Waals surface area contributed by atoms with Gasteiger partial charge in [-0.15, -0.1) is 0 Å². The van der Waals surface area contributed by atoms with Gasteiger partial charge >= 0.3 is 0 Å². The number of rotatable bonds is 4. The number of hydrogen-bond donors (Lipinski definition) is 1. The second-order valence-corrected chi connectivity index (χ2v) is 7.02. The highest BCUT2D eigenvalue weighted by molar-refractivity contribution is 6.02. The van der Waals surface area contributed by atoms with E-state index in [9.17, 15) is 9.59 Å². The second kappa shape index (κ2) is 6.91. The SMILES string of the molecule is O=C(CN1Cc2ccccc2C1=O)Nc1ccc(-n2cnc3ccccc32)cc1. The van der Waals surface area contributed by atoms with Crippen LogP contribution in [-0.4, -0.2) is 32.8 Å². The largest absolute Gasteiger partial charge is 0.325 e. The Kier molecular flexibility index (Phi) is 4.09. The quantitative estimate of drug-likeness (QED) is 0.586. The maximum Gasteiger partial charge on any atom is 0.254 e. The lowest BCUT2D eigenvalue weighted by atomic mass is 10.1. The first-order valence-corrected chi connectivity index (χ1v) is 9.38. The van der Waals surface area contributed by atoms with Crippen molar-refractivity contribution in [1.82, 2.24) is 14.5 Å². The van der Waals surface area contributed by atoms with Gasteiger partial charge in [-0.25, -0.2) is 4.98 Å². The Balaban J connectivity index is 1.27. The first kappa shape index (κ1) is 17.2. The predicted octanol–water partition coefficient (Wildman–Crippen LogP) is 3.62. The van der Waals surface area contributed by atoms with Crippen molar-refractivity contribution in [2.75, 3.05) is 11.9 Å². The number of carbonyl (C=O) groups excluding carboxylic acids is 2. The van der Waals surface area contributed by atoms with Crippen molar-refractivity contribution in [2.24, 2.45) is 0 Å². The highest BCUT2D eigenvalue weighted by Gasteiger charge is 2.28. The molecule has 5 rings (SSSR count). The van der Waals surface area contributed by atoms with Crippen LogP contribution >= 0.6 is 0 Å². The molecule has 1 aliphatic rings. The summed E-state index contributed by atoms with van der Waals surface area (Å²) >= 11 is 0. The van der Waals surface area contributed by atoms with Crippen LogP contribution in [0.25, 0.3) is 16.7 Å². The Hall–Kier alpha value is -3.93. The van der Waals surface area contributed by atoms with E-state index in [1.165, 1.54) is 0 Å². The van der Waals surface area contributed by atoms with Crippen molar-refractivity contribution < 1.29 is 9.59 Å². The molecule has 0 atom stereocenters. The smallest absolute Gasteiger partial charge is 0.254 e. The lowest BCUT2D eigenvalue weighted by Crippen LogP contribution is -2.33. The standard InChI is InChI=1S/C23H18N4O2/c28-22(14-26-13-16-5-1-2-6-19(16)23(26)29)25-17-9-11-18(12-10-17)27-15-24-20-7-3-4-8-21(20)27/h1-12,15H,13-14H2,(H,25,28). The van der Waals surface area contributed by atoms with Crippen molar-refractivity contribution in [2.45, 2.75) is 6.54 Å². The Morgan fingerprint density at radius 2 is 1.72 bits per heavy atom. The van der Waals surface area contributed by atoms with Crippen LogP contribution in [-0.2, 0) is 11.3 Å². The zero-order valence-corrected chi connectivity index (χ0v) is 15.6. The van der Waals surface area contributed by atoms with Gasteiger partial charge in [-0.05, 0) is 48.0 Å². The molecule has 1 N–H and O–H groups in total. The predicted molar refractivity (Wildman–Crippen MR) is 111 cm³/mol. The van der Waals surface area contributed by atoms with Gasteiger partial charge in [-0.3, -0.25) is 14.2 Å². The van der Waals surface area contributed by atoms with E-state index in [1.807, 2.05) is 71.3 Å². The van der Waals surface area contributed by atoms with Gasteiger partial charge in [0.15, 0.2) is 0 Å². The van der Waals surface area contributed by atoms with Crippen LogP contribution in [0.3, 0.4) is 0 Å². The molecule has 2 amide bonds. The summed E-state index contributed by atoms with van der Waals surface area (Å²) in [6, 6.07) is 23.0. The van der Waals surface area contributed by atoms with Crippen molar-refractivity contribution in [1.29, 1.82) is 0 Å². The summed E-state index contributed by atoms with van der Waals surface area (Å²) in [6.07, 6.45) is 1.79. The minimum Gasteiger partial charge on any atom is -0.325 e. The Morgan fingerprint density at radius 3 is 2.55 bits per heavy atom. The number of imidazole rings is 1. The molecular weight excluding hydrogens is 364 g/mol. The first-order valence-electron chi connectivity index (χ1n) is 9.38. The number of nitrogens with one attached hydrogen (secondary N) is 1. The summed E-state index contributed by atoms with van der Waals surface area (Å²) in [5.41, 5.74) is 5.24. The number of anilines is 1. The molecule has 1 aromatic heterocycles. The Labute approximate surface area is 167 Å². The van der Waals surface area contributed by atoms with E-state index in [1.54, 1.807) is 17.3 Å². The van der Waals surface area contributed by atoms with E-state index in [0.29, 0.717) is 17.8 Å². The number of fused-ring (bicyclic) bond motifs is 2. The third-order valence-corrected chi connectivity index (χ3v) is 5.11. The van der Waals surface area contributed by atoms with E-state index in [4.69, 9.17) is 0 Å². The number of nitrogens with zero attached hydrogens (tertiary/aromatic N) is 3. The maximum atomic E-state index is 12.4. The topological polar surface area (TPSA) is 67.2 Å². The molecule has 3 aromatic carbocycles. The summed E-state index contributed by atoms with van der Waals surface area (Å²) < 4.78 is 2.00. The number of para-hydroxylation sites is 2. The van der Waals surface area contributed by atoms with E-state index in [2.05, 4.69) is 10.3 Å². The molecule has 0 saturated carbocycles. The zero-order chi connectivity index (χ0) is 19.8. The van der Waals surface area contributed by atoms with Crippen LogP contribution in [0.2, 0.25) is 0 Å². The third-order valence-electron chi connectivity index (χ3n) is 5.11. The van der Waals surface area contributed by atoms with Gasteiger partial charge in [0.1, 0.15) is 12.9 Å². The fourth-order valence-electron chi connectivity index (χ4n) is 3.69. The molecule has 4 aromatic rings. The molecule has 0 fully saturated rings. The van der Waals surface area contributed by atoms with Gasteiger partial charge in [-0.1, -0.05) is 30.3 Å². The van der Waals surface area contributed by atoms with Crippen LogP contribution < -0.4 is 5.32 Å². The molecule has 0 radical (unpaired) electrons. The molecule has 0 unspecified atom stereocenters. The lowest BCUT2D eigenvalue weighted by molar-refractivity contribution is -0.116. The number of amides is 2. The number of aromatic nitrogens is 2. The molecule has 6 nitrogen and oxygen atoms in total. The highest BCUT2D eigenvalue weighted by atomic mass is 16.2. The molecule has 1 aliphatic heterocycles. The number of hydrogen-bond acceptors (Lipinski definition) is 3. The van der Waals surface area contributed by atoms with Gasteiger partial charge in [0.2, 0.25) is 5.91 Å². The molecule has 6 heteroatoms. The molecule has 2 heterocycles. The minimum absolute atomic E-state index is 0.0292. The molecule has 0 bridgehead atoms. The van der Waals surface area contributed by atoms with E-state index >= 15 is 0 Å². The molecule has 0 saturated heterocycles. The molecule has 142 valence electrons. The van der Waals surface area contributed by atoms with Crippen LogP contribution in [0.1, 0.15) is 15.9 Å². The van der Waals surface area contributed by atoms with Crippen LogP contribution in [0.4, 0.5) is 5.69 Å². The number of benzene rings is 3. The molecular formula is C23H18N4O2. The van der Waals surface area contributed by atoms with E-state index in [-0.39, 0.29) is 18.4 Å².